The summed E-state index contributed by atoms with van der Waals surface area (Å²) in [5, 5.41) is 24.0. The van der Waals surface area contributed by atoms with E-state index < -0.39 is 15.6 Å². The number of aromatic hydroxyl groups is 1. The number of aliphatic hydroxyl groups excluding tert-OH is 1. The summed E-state index contributed by atoms with van der Waals surface area (Å²) in [6.07, 6.45) is 1.43. The molecule has 0 bridgehead atoms. The van der Waals surface area contributed by atoms with Crippen LogP contribution in [0.15, 0.2) is 27.9 Å². The van der Waals surface area contributed by atoms with Gasteiger partial charge in [-0.25, -0.2) is 17.9 Å². The minimum atomic E-state index is -3.82. The Labute approximate surface area is 191 Å². The number of H-pyrrole nitrogens is 1. The van der Waals surface area contributed by atoms with Gasteiger partial charge in [0, 0.05) is 39.1 Å². The summed E-state index contributed by atoms with van der Waals surface area (Å²) in [5.41, 5.74) is 0.577. The molecule has 0 atom stereocenters. The first-order valence-electron chi connectivity index (χ1n) is 10.9. The summed E-state index contributed by atoms with van der Waals surface area (Å²) in [5.74, 6) is 0.490. The number of benzene rings is 1. The Balaban J connectivity index is 1.73. The van der Waals surface area contributed by atoms with Crippen molar-refractivity contribution in [2.75, 3.05) is 39.3 Å². The van der Waals surface area contributed by atoms with Crippen molar-refractivity contribution in [2.45, 2.75) is 31.6 Å². The second-order valence-corrected chi connectivity index (χ2v) is 10.0. The van der Waals surface area contributed by atoms with Gasteiger partial charge in [-0.2, -0.15) is 4.31 Å². The van der Waals surface area contributed by atoms with Crippen LogP contribution in [0.25, 0.3) is 16.9 Å². The van der Waals surface area contributed by atoms with Gasteiger partial charge in [0.15, 0.2) is 11.3 Å². The maximum atomic E-state index is 13.2. The van der Waals surface area contributed by atoms with Crippen molar-refractivity contribution in [2.24, 2.45) is 0 Å². The molecule has 3 aromatic rings. The summed E-state index contributed by atoms with van der Waals surface area (Å²) in [4.78, 5) is 21.8. The highest BCUT2D eigenvalue weighted by atomic mass is 32.2. The summed E-state index contributed by atoms with van der Waals surface area (Å²) >= 11 is 0. The molecule has 1 fully saturated rings. The molecule has 0 amide bonds. The van der Waals surface area contributed by atoms with Crippen LogP contribution in [0.3, 0.4) is 0 Å². The van der Waals surface area contributed by atoms with Crippen LogP contribution < -0.4 is 5.56 Å². The lowest BCUT2D eigenvalue weighted by Gasteiger charge is -2.33. The summed E-state index contributed by atoms with van der Waals surface area (Å²) in [6.45, 7) is 5.91. The Bertz CT molecular complexity index is 1320. The maximum Gasteiger partial charge on any atom is 0.277 e. The lowest BCUT2D eigenvalue weighted by Crippen LogP contribution is -2.49. The molecule has 2 aromatic heterocycles. The SMILES string of the molecule is CCCc1nc(C)c2c(=O)[nH]c(-c3cc(S(=O)(=O)N4CCN(CCO)CC4)ccc3O)nn12. The fourth-order valence-corrected chi connectivity index (χ4v) is 5.54. The van der Waals surface area contributed by atoms with Crippen LogP contribution in [0.4, 0.5) is 0 Å². The van der Waals surface area contributed by atoms with Crippen LogP contribution in [0.2, 0.25) is 0 Å². The topological polar surface area (TPSA) is 144 Å². The lowest BCUT2D eigenvalue weighted by molar-refractivity contribution is 0.151. The molecule has 1 aromatic carbocycles. The number of aromatic amines is 1. The monoisotopic (exact) mass is 476 g/mol. The standard InChI is InChI=1S/C21H28N6O5S/c1-3-4-18-22-14(2)19-21(30)23-20(24-27(18)19)16-13-15(5-6-17(16)29)33(31,32)26-9-7-25(8-10-26)11-12-28/h5-6,13,28-29H,3-4,7-12H2,1-2H3,(H,23,24,30). The zero-order valence-electron chi connectivity index (χ0n) is 18.7. The Morgan fingerprint density at radius 2 is 1.91 bits per heavy atom. The quantitative estimate of drug-likeness (QED) is 0.443. The van der Waals surface area contributed by atoms with Crippen LogP contribution >= 0.6 is 0 Å². The lowest BCUT2D eigenvalue weighted by atomic mass is 10.2. The molecule has 0 radical (unpaired) electrons. The van der Waals surface area contributed by atoms with Crippen LogP contribution in [0.1, 0.15) is 24.9 Å². The Morgan fingerprint density at radius 3 is 2.58 bits per heavy atom. The van der Waals surface area contributed by atoms with E-state index in [9.17, 15) is 18.3 Å². The molecule has 0 spiro atoms. The number of nitrogens with one attached hydrogen (secondary N) is 1. The highest BCUT2D eigenvalue weighted by Gasteiger charge is 2.29. The predicted molar refractivity (Wildman–Crippen MR) is 122 cm³/mol. The number of hydrogen-bond acceptors (Lipinski definition) is 8. The van der Waals surface area contributed by atoms with E-state index in [2.05, 4.69) is 15.1 Å². The number of phenols is 1. The normalized spacial score (nSPS) is 16.0. The molecular weight excluding hydrogens is 448 g/mol. The fourth-order valence-electron chi connectivity index (χ4n) is 4.09. The first kappa shape index (κ1) is 23.4. The zero-order chi connectivity index (χ0) is 23.8. The van der Waals surface area contributed by atoms with Crippen molar-refractivity contribution < 1.29 is 18.6 Å². The number of piperazine rings is 1. The number of aryl methyl sites for hydroxylation is 2. The maximum absolute atomic E-state index is 13.2. The minimum absolute atomic E-state index is 0.00393. The van der Waals surface area contributed by atoms with Crippen LogP contribution in [0.5, 0.6) is 5.75 Å². The van der Waals surface area contributed by atoms with E-state index in [1.807, 2.05) is 11.8 Å². The number of nitrogens with zero attached hydrogens (tertiary/aromatic N) is 5. The number of β-amino-alcohol motifs (C(OH)–C–C–N with tert-alkyl or cyclic N) is 1. The van der Waals surface area contributed by atoms with Crippen molar-refractivity contribution >= 4 is 15.5 Å². The van der Waals surface area contributed by atoms with Crippen molar-refractivity contribution in [3.63, 3.8) is 0 Å². The first-order chi connectivity index (χ1) is 15.8. The number of aromatic nitrogens is 4. The van der Waals surface area contributed by atoms with E-state index in [1.165, 1.54) is 27.0 Å². The van der Waals surface area contributed by atoms with Gasteiger partial charge in [0.05, 0.1) is 22.8 Å². The zero-order valence-corrected chi connectivity index (χ0v) is 19.5. The molecule has 3 N–H and O–H groups in total. The van der Waals surface area contributed by atoms with Crippen LogP contribution in [0, 0.1) is 6.92 Å². The summed E-state index contributed by atoms with van der Waals surface area (Å²) in [6, 6.07) is 3.97. The van der Waals surface area contributed by atoms with Gasteiger partial charge in [-0.3, -0.25) is 9.69 Å². The van der Waals surface area contributed by atoms with E-state index >= 15 is 0 Å². The summed E-state index contributed by atoms with van der Waals surface area (Å²) in [7, 11) is -3.82. The predicted octanol–water partition coefficient (Wildman–Crippen LogP) is 0.350. The molecule has 11 nitrogen and oxygen atoms in total. The fraction of sp³-hybridized carbons (Fsp3) is 0.476. The summed E-state index contributed by atoms with van der Waals surface area (Å²) < 4.78 is 29.3. The number of sulfonamides is 1. The van der Waals surface area contributed by atoms with E-state index in [4.69, 9.17) is 5.11 Å². The third-order valence-corrected chi connectivity index (χ3v) is 7.72. The molecule has 0 aliphatic carbocycles. The second kappa shape index (κ2) is 9.21. The van der Waals surface area contributed by atoms with E-state index in [-0.39, 0.29) is 28.6 Å². The Morgan fingerprint density at radius 1 is 1.18 bits per heavy atom. The largest absolute Gasteiger partial charge is 0.507 e. The van der Waals surface area contributed by atoms with Gasteiger partial charge in [0.1, 0.15) is 11.6 Å². The molecule has 0 saturated carbocycles. The van der Waals surface area contributed by atoms with Crippen LogP contribution in [-0.4, -0.2) is 86.7 Å². The molecule has 33 heavy (non-hydrogen) atoms. The number of imidazole rings is 1. The molecule has 12 heteroatoms. The number of hydrogen-bond donors (Lipinski definition) is 3. The molecule has 178 valence electrons. The van der Waals surface area contributed by atoms with Gasteiger partial charge in [0.25, 0.3) is 5.56 Å². The molecule has 1 aliphatic rings. The van der Waals surface area contributed by atoms with Crippen molar-refractivity contribution in [1.82, 2.24) is 28.8 Å². The Kier molecular flexibility index (Phi) is 6.52. The number of aliphatic hydroxyl groups is 1. The van der Waals surface area contributed by atoms with Gasteiger partial charge >= 0.3 is 0 Å². The highest BCUT2D eigenvalue weighted by Crippen LogP contribution is 2.30. The van der Waals surface area contributed by atoms with Gasteiger partial charge in [-0.1, -0.05) is 6.92 Å². The van der Waals surface area contributed by atoms with Crippen molar-refractivity contribution in [3.8, 4) is 17.1 Å². The van der Waals surface area contributed by atoms with Gasteiger partial charge in [-0.15, -0.1) is 5.10 Å². The van der Waals surface area contributed by atoms with Crippen molar-refractivity contribution in [3.05, 3.63) is 40.1 Å². The highest BCUT2D eigenvalue weighted by molar-refractivity contribution is 7.89. The minimum Gasteiger partial charge on any atom is -0.507 e. The Hall–Kier alpha value is -2.80. The number of phenolic OH excluding ortho intramolecular Hbond substituents is 1. The third-order valence-electron chi connectivity index (χ3n) is 5.82. The van der Waals surface area contributed by atoms with Gasteiger partial charge in [-0.05, 0) is 31.5 Å². The van der Waals surface area contributed by atoms with E-state index in [0.717, 1.165) is 6.42 Å². The number of rotatable bonds is 7. The van der Waals surface area contributed by atoms with E-state index in [1.54, 1.807) is 6.92 Å². The molecular formula is C21H28N6O5S. The molecule has 4 rings (SSSR count). The van der Waals surface area contributed by atoms with Gasteiger partial charge < -0.3 is 15.2 Å². The molecule has 1 aliphatic heterocycles. The number of fused-ring (bicyclic) bond motifs is 1. The van der Waals surface area contributed by atoms with Crippen LogP contribution in [-0.2, 0) is 16.4 Å². The second-order valence-electron chi connectivity index (χ2n) is 8.07. The third kappa shape index (κ3) is 4.38. The van der Waals surface area contributed by atoms with Crippen molar-refractivity contribution in [1.29, 1.82) is 0 Å². The molecule has 3 heterocycles. The average molecular weight is 477 g/mol. The average Bonchev–Trinajstić information content (AvgIpc) is 3.10. The van der Waals surface area contributed by atoms with Gasteiger partial charge in [0.2, 0.25) is 10.0 Å². The molecule has 1 saturated heterocycles. The smallest absolute Gasteiger partial charge is 0.277 e. The first-order valence-corrected chi connectivity index (χ1v) is 12.4. The molecule has 0 unspecified atom stereocenters. The van der Waals surface area contributed by atoms with E-state index in [0.29, 0.717) is 56.2 Å².